The van der Waals surface area contributed by atoms with Crippen LogP contribution in [0.1, 0.15) is 5.69 Å². The van der Waals surface area contributed by atoms with E-state index in [1.165, 1.54) is 0 Å². The molecule has 0 amide bonds. The lowest BCUT2D eigenvalue weighted by Crippen LogP contribution is -2.11. The normalized spacial score (nSPS) is 10.0. The van der Waals surface area contributed by atoms with Crippen molar-refractivity contribution in [3.05, 3.63) is 46.7 Å². The van der Waals surface area contributed by atoms with Gasteiger partial charge in [-0.25, -0.2) is 0 Å². The van der Waals surface area contributed by atoms with Gasteiger partial charge in [0.1, 0.15) is 10.7 Å². The van der Waals surface area contributed by atoms with E-state index < -0.39 is 0 Å². The number of halogens is 1. The maximum Gasteiger partial charge on any atom is 0.133 e. The van der Waals surface area contributed by atoms with E-state index in [0.717, 1.165) is 21.6 Å². The van der Waals surface area contributed by atoms with Crippen molar-refractivity contribution in [2.75, 3.05) is 12.4 Å². The molecule has 1 aromatic carbocycles. The van der Waals surface area contributed by atoms with Crippen molar-refractivity contribution in [3.63, 3.8) is 0 Å². The Labute approximate surface area is 125 Å². The number of rotatable bonds is 4. The first-order valence-corrected chi connectivity index (χ1v) is 6.66. The molecule has 0 aliphatic carbocycles. The van der Waals surface area contributed by atoms with Crippen molar-refractivity contribution < 1.29 is 4.74 Å². The fourth-order valence-corrected chi connectivity index (χ4v) is 2.21. The van der Waals surface area contributed by atoms with Crippen LogP contribution in [0.25, 0.3) is 0 Å². The average Bonchev–Trinajstić information content (AvgIpc) is 2.39. The fraction of sp³-hybridized carbons (Fsp3) is 0.0769. The Morgan fingerprint density at radius 1 is 1.32 bits per heavy atom. The van der Waals surface area contributed by atoms with Gasteiger partial charge in [0, 0.05) is 17.6 Å². The van der Waals surface area contributed by atoms with E-state index in [2.05, 4.69) is 26.2 Å². The van der Waals surface area contributed by atoms with Crippen LogP contribution in [0.15, 0.2) is 41.0 Å². The second kappa shape index (κ2) is 5.99. The second-order valence-electron chi connectivity index (χ2n) is 3.77. The minimum atomic E-state index is 0.277. The van der Waals surface area contributed by atoms with Gasteiger partial charge >= 0.3 is 0 Å². The molecule has 0 radical (unpaired) electrons. The predicted molar refractivity (Wildman–Crippen MR) is 84.1 cm³/mol. The summed E-state index contributed by atoms with van der Waals surface area (Å²) >= 11 is 8.34. The SMILES string of the molecule is COc1ccc(Nc2ccnc(C(N)=S)c2)cc1Br. The first-order chi connectivity index (χ1) is 9.10. The molecule has 0 spiro atoms. The summed E-state index contributed by atoms with van der Waals surface area (Å²) < 4.78 is 6.06. The van der Waals surface area contributed by atoms with E-state index in [1.54, 1.807) is 19.4 Å². The van der Waals surface area contributed by atoms with Crippen molar-refractivity contribution in [2.45, 2.75) is 0 Å². The Balaban J connectivity index is 2.23. The summed E-state index contributed by atoms with van der Waals surface area (Å²) in [4.78, 5) is 4.37. The monoisotopic (exact) mass is 337 g/mol. The van der Waals surface area contributed by atoms with Crippen LogP contribution in [0.5, 0.6) is 5.75 Å². The molecule has 0 bridgehead atoms. The molecule has 3 N–H and O–H groups in total. The summed E-state index contributed by atoms with van der Waals surface area (Å²) in [5, 5.41) is 3.25. The van der Waals surface area contributed by atoms with Gasteiger partial charge in [-0.1, -0.05) is 12.2 Å². The van der Waals surface area contributed by atoms with Gasteiger partial charge in [-0.3, -0.25) is 4.98 Å². The molecule has 0 atom stereocenters. The van der Waals surface area contributed by atoms with Crippen molar-refractivity contribution in [3.8, 4) is 5.75 Å². The highest BCUT2D eigenvalue weighted by Gasteiger charge is 2.03. The van der Waals surface area contributed by atoms with E-state index >= 15 is 0 Å². The number of pyridine rings is 1. The average molecular weight is 338 g/mol. The Morgan fingerprint density at radius 3 is 2.68 bits per heavy atom. The van der Waals surface area contributed by atoms with Gasteiger partial charge in [0.05, 0.1) is 17.3 Å². The molecule has 1 heterocycles. The van der Waals surface area contributed by atoms with Crippen molar-refractivity contribution in [1.29, 1.82) is 0 Å². The minimum absolute atomic E-state index is 0.277. The lowest BCUT2D eigenvalue weighted by atomic mass is 10.2. The zero-order valence-corrected chi connectivity index (χ0v) is 12.6. The lowest BCUT2D eigenvalue weighted by Gasteiger charge is -2.09. The smallest absolute Gasteiger partial charge is 0.133 e. The Morgan fingerprint density at radius 2 is 2.05 bits per heavy atom. The molecule has 2 aromatic rings. The number of ether oxygens (including phenoxy) is 1. The molecule has 0 saturated heterocycles. The molecule has 0 fully saturated rings. The number of aromatic nitrogens is 1. The minimum Gasteiger partial charge on any atom is -0.496 e. The number of nitrogens with zero attached hydrogens (tertiary/aromatic N) is 1. The van der Waals surface area contributed by atoms with Gasteiger partial charge in [0.25, 0.3) is 0 Å². The van der Waals surface area contributed by atoms with Gasteiger partial charge in [-0.2, -0.15) is 0 Å². The molecule has 6 heteroatoms. The Kier molecular flexibility index (Phi) is 4.34. The Hall–Kier alpha value is -1.66. The molecular weight excluding hydrogens is 326 g/mol. The highest BCUT2D eigenvalue weighted by molar-refractivity contribution is 9.10. The predicted octanol–water partition coefficient (Wildman–Crippen LogP) is 3.23. The van der Waals surface area contributed by atoms with Crippen molar-refractivity contribution >= 4 is 44.5 Å². The number of nitrogens with two attached hydrogens (primary N) is 1. The summed E-state index contributed by atoms with van der Waals surface area (Å²) in [6.45, 7) is 0. The zero-order chi connectivity index (χ0) is 13.8. The summed E-state index contributed by atoms with van der Waals surface area (Å²) in [5.74, 6) is 0.782. The van der Waals surface area contributed by atoms with Gasteiger partial charge in [0.2, 0.25) is 0 Å². The van der Waals surface area contributed by atoms with E-state index in [9.17, 15) is 0 Å². The number of thiocarbonyl (C=S) groups is 1. The standard InChI is InChI=1S/C13H12BrN3OS/c1-18-12-3-2-8(6-10(12)14)17-9-4-5-16-11(7-9)13(15)19/h2-7H,1H3,(H2,15,19)(H,16,17). The maximum absolute atomic E-state index is 5.56. The maximum atomic E-state index is 5.56. The third-order valence-corrected chi connectivity index (χ3v) is 3.28. The molecule has 0 aliphatic heterocycles. The largest absolute Gasteiger partial charge is 0.496 e. The molecule has 4 nitrogen and oxygen atoms in total. The number of hydrogen-bond donors (Lipinski definition) is 2. The molecule has 0 aliphatic rings. The van der Waals surface area contributed by atoms with Crippen LogP contribution < -0.4 is 15.8 Å². The molecule has 0 unspecified atom stereocenters. The van der Waals surface area contributed by atoms with Crippen LogP contribution in [-0.4, -0.2) is 17.1 Å². The van der Waals surface area contributed by atoms with E-state index in [0.29, 0.717) is 5.69 Å². The highest BCUT2D eigenvalue weighted by Crippen LogP contribution is 2.29. The highest BCUT2D eigenvalue weighted by atomic mass is 79.9. The summed E-state index contributed by atoms with van der Waals surface area (Å²) in [5.41, 5.74) is 7.94. The van der Waals surface area contributed by atoms with Gasteiger partial charge in [0.15, 0.2) is 0 Å². The summed E-state index contributed by atoms with van der Waals surface area (Å²) in [6, 6.07) is 9.38. The molecule has 0 saturated carbocycles. The first-order valence-electron chi connectivity index (χ1n) is 5.46. The molecule has 2 rings (SSSR count). The summed E-state index contributed by atoms with van der Waals surface area (Å²) in [6.07, 6.45) is 1.66. The van der Waals surface area contributed by atoms with E-state index in [4.69, 9.17) is 22.7 Å². The van der Waals surface area contributed by atoms with E-state index in [-0.39, 0.29) is 4.99 Å². The van der Waals surface area contributed by atoms with Crippen LogP contribution >= 0.6 is 28.1 Å². The third kappa shape index (κ3) is 3.42. The van der Waals surface area contributed by atoms with Crippen LogP contribution in [0, 0.1) is 0 Å². The number of nitrogens with one attached hydrogen (secondary N) is 1. The molecule has 19 heavy (non-hydrogen) atoms. The quantitative estimate of drug-likeness (QED) is 0.838. The van der Waals surface area contributed by atoms with Crippen LogP contribution in [0.2, 0.25) is 0 Å². The molecular formula is C13H12BrN3OS. The third-order valence-electron chi connectivity index (χ3n) is 2.45. The zero-order valence-electron chi connectivity index (χ0n) is 10.2. The Bertz CT molecular complexity index is 619. The number of benzene rings is 1. The van der Waals surface area contributed by atoms with Crippen molar-refractivity contribution in [1.82, 2.24) is 4.98 Å². The fourth-order valence-electron chi connectivity index (χ4n) is 1.55. The van der Waals surface area contributed by atoms with Crippen LogP contribution in [0.4, 0.5) is 11.4 Å². The van der Waals surface area contributed by atoms with Crippen molar-refractivity contribution in [2.24, 2.45) is 5.73 Å². The van der Waals surface area contributed by atoms with Crippen LogP contribution in [-0.2, 0) is 0 Å². The van der Waals surface area contributed by atoms with Gasteiger partial charge < -0.3 is 15.8 Å². The number of hydrogen-bond acceptors (Lipinski definition) is 4. The van der Waals surface area contributed by atoms with Gasteiger partial charge in [-0.05, 0) is 46.3 Å². The molecule has 98 valence electrons. The van der Waals surface area contributed by atoms with Gasteiger partial charge in [-0.15, -0.1) is 0 Å². The lowest BCUT2D eigenvalue weighted by molar-refractivity contribution is 0.412. The second-order valence-corrected chi connectivity index (χ2v) is 5.06. The molecule has 1 aromatic heterocycles. The topological polar surface area (TPSA) is 60.2 Å². The summed E-state index contributed by atoms with van der Waals surface area (Å²) in [7, 11) is 1.63. The first kappa shape index (κ1) is 13.8. The number of anilines is 2. The number of methoxy groups -OCH3 is 1. The van der Waals surface area contributed by atoms with Crippen LogP contribution in [0.3, 0.4) is 0 Å². The van der Waals surface area contributed by atoms with E-state index in [1.807, 2.05) is 24.3 Å².